The van der Waals surface area contributed by atoms with Crippen LogP contribution in [0, 0.1) is 0 Å². The zero-order chi connectivity index (χ0) is 15.4. The average molecular weight is 302 g/mol. The molecule has 22 heavy (non-hydrogen) atoms. The molecule has 7 heteroatoms. The van der Waals surface area contributed by atoms with Crippen LogP contribution in [0.15, 0.2) is 35.1 Å². The molecule has 1 aliphatic heterocycles. The van der Waals surface area contributed by atoms with E-state index in [9.17, 15) is 9.59 Å². The average Bonchev–Trinajstić information content (AvgIpc) is 2.91. The van der Waals surface area contributed by atoms with E-state index in [1.54, 1.807) is 0 Å². The molecule has 2 aromatic rings. The van der Waals surface area contributed by atoms with Gasteiger partial charge in [-0.05, 0) is 12.0 Å². The van der Waals surface area contributed by atoms with Crippen molar-refractivity contribution in [2.45, 2.75) is 25.5 Å². The number of amides is 1. The second-order valence-electron chi connectivity index (χ2n) is 5.19. The van der Waals surface area contributed by atoms with Gasteiger partial charge < -0.3 is 10.1 Å². The number of carbonyl (C=O) groups is 1. The van der Waals surface area contributed by atoms with Crippen LogP contribution in [-0.4, -0.2) is 33.8 Å². The Morgan fingerprint density at radius 2 is 2.23 bits per heavy atom. The fourth-order valence-corrected chi connectivity index (χ4v) is 2.53. The van der Waals surface area contributed by atoms with Crippen LogP contribution >= 0.6 is 0 Å². The zero-order valence-corrected chi connectivity index (χ0v) is 12.1. The van der Waals surface area contributed by atoms with Crippen LogP contribution in [0.4, 0.5) is 0 Å². The van der Waals surface area contributed by atoms with Crippen molar-refractivity contribution in [1.82, 2.24) is 20.1 Å². The van der Waals surface area contributed by atoms with Gasteiger partial charge in [-0.15, -0.1) is 0 Å². The maximum atomic E-state index is 12.0. The molecule has 1 aromatic carbocycles. The fraction of sp³-hybridized carbons (Fsp3) is 0.400. The van der Waals surface area contributed by atoms with Crippen LogP contribution in [0.2, 0.25) is 0 Å². The summed E-state index contributed by atoms with van der Waals surface area (Å²) in [5.41, 5.74) is 0.922. The van der Waals surface area contributed by atoms with Crippen LogP contribution in [0.5, 0.6) is 0 Å². The van der Waals surface area contributed by atoms with E-state index in [2.05, 4.69) is 15.5 Å². The minimum absolute atomic E-state index is 0.107. The summed E-state index contributed by atoms with van der Waals surface area (Å²) in [5.74, 6) is 0.388. The number of ether oxygens (including phenoxy) is 1. The van der Waals surface area contributed by atoms with Gasteiger partial charge in [-0.2, -0.15) is 5.10 Å². The van der Waals surface area contributed by atoms with Gasteiger partial charge in [-0.1, -0.05) is 30.3 Å². The lowest BCUT2D eigenvalue weighted by Crippen LogP contribution is -2.33. The first-order valence-electron chi connectivity index (χ1n) is 7.31. The predicted molar refractivity (Wildman–Crippen MR) is 79.3 cm³/mol. The lowest BCUT2D eigenvalue weighted by Gasteiger charge is -2.22. The second kappa shape index (κ2) is 6.57. The van der Waals surface area contributed by atoms with Crippen molar-refractivity contribution >= 4 is 5.91 Å². The number of hydrogen-bond acceptors (Lipinski definition) is 4. The number of nitrogens with one attached hydrogen (secondary N) is 2. The lowest BCUT2D eigenvalue weighted by molar-refractivity contribution is -0.125. The van der Waals surface area contributed by atoms with E-state index in [-0.39, 0.29) is 18.0 Å². The zero-order valence-electron chi connectivity index (χ0n) is 12.1. The van der Waals surface area contributed by atoms with Crippen molar-refractivity contribution in [3.8, 4) is 0 Å². The number of hydrogen-bond donors (Lipinski definition) is 2. The molecule has 0 saturated carbocycles. The van der Waals surface area contributed by atoms with Gasteiger partial charge in [-0.25, -0.2) is 9.89 Å². The SMILES string of the molecule is O=C(CC1OCCn2c1n[nH]c2=O)NCCc1ccccc1. The molecule has 7 nitrogen and oxygen atoms in total. The monoisotopic (exact) mass is 302 g/mol. The Hall–Kier alpha value is -2.41. The Balaban J connectivity index is 1.51. The quantitative estimate of drug-likeness (QED) is 0.836. The van der Waals surface area contributed by atoms with Gasteiger partial charge in [0, 0.05) is 6.54 Å². The van der Waals surface area contributed by atoms with Crippen LogP contribution in [0.3, 0.4) is 0 Å². The Morgan fingerprint density at radius 1 is 1.41 bits per heavy atom. The third-order valence-electron chi connectivity index (χ3n) is 3.66. The summed E-state index contributed by atoms with van der Waals surface area (Å²) in [7, 11) is 0. The Morgan fingerprint density at radius 3 is 3.05 bits per heavy atom. The number of H-pyrrole nitrogens is 1. The summed E-state index contributed by atoms with van der Waals surface area (Å²) in [4.78, 5) is 23.5. The number of fused-ring (bicyclic) bond motifs is 1. The molecule has 0 fully saturated rings. The minimum Gasteiger partial charge on any atom is -0.368 e. The summed E-state index contributed by atoms with van der Waals surface area (Å²) >= 11 is 0. The molecule has 1 aromatic heterocycles. The van der Waals surface area contributed by atoms with Gasteiger partial charge in [0.15, 0.2) is 5.82 Å². The highest BCUT2D eigenvalue weighted by Gasteiger charge is 2.26. The van der Waals surface area contributed by atoms with E-state index >= 15 is 0 Å². The summed E-state index contributed by atoms with van der Waals surface area (Å²) in [5, 5.41) is 9.20. The molecule has 1 amide bonds. The largest absolute Gasteiger partial charge is 0.368 e. The maximum absolute atomic E-state index is 12.0. The normalized spacial score (nSPS) is 17.0. The molecule has 0 bridgehead atoms. The van der Waals surface area contributed by atoms with Gasteiger partial charge in [-0.3, -0.25) is 9.36 Å². The molecule has 1 atom stereocenters. The number of nitrogens with zero attached hydrogens (tertiary/aromatic N) is 2. The number of aromatic nitrogens is 3. The van der Waals surface area contributed by atoms with Crippen LogP contribution in [0.1, 0.15) is 23.9 Å². The van der Waals surface area contributed by atoms with E-state index in [0.717, 1.165) is 6.42 Å². The maximum Gasteiger partial charge on any atom is 0.343 e. The Kier molecular flexibility index (Phi) is 4.34. The standard InChI is InChI=1S/C15H18N4O3/c20-13(16-7-6-11-4-2-1-3-5-11)10-12-14-17-18-15(21)19(14)8-9-22-12/h1-5,12H,6-10H2,(H,16,20)(H,18,21). The minimum atomic E-state index is -0.468. The second-order valence-corrected chi connectivity index (χ2v) is 5.19. The molecule has 0 radical (unpaired) electrons. The molecule has 2 N–H and O–H groups in total. The van der Waals surface area contributed by atoms with Crippen molar-refractivity contribution in [3.05, 3.63) is 52.2 Å². The Labute approximate surface area is 127 Å². The molecule has 2 heterocycles. The summed E-state index contributed by atoms with van der Waals surface area (Å²) in [6.45, 7) is 1.45. The van der Waals surface area contributed by atoms with Crippen molar-refractivity contribution < 1.29 is 9.53 Å². The smallest absolute Gasteiger partial charge is 0.343 e. The van der Waals surface area contributed by atoms with Crippen LogP contribution < -0.4 is 11.0 Å². The van der Waals surface area contributed by atoms with Crippen molar-refractivity contribution in [2.24, 2.45) is 0 Å². The lowest BCUT2D eigenvalue weighted by atomic mass is 10.1. The summed E-state index contributed by atoms with van der Waals surface area (Å²) < 4.78 is 7.07. The molecular weight excluding hydrogens is 284 g/mol. The third-order valence-corrected chi connectivity index (χ3v) is 3.66. The van der Waals surface area contributed by atoms with Gasteiger partial charge in [0.05, 0.1) is 19.6 Å². The molecule has 0 aliphatic carbocycles. The first kappa shape index (κ1) is 14.5. The highest BCUT2D eigenvalue weighted by atomic mass is 16.5. The molecule has 0 saturated heterocycles. The predicted octanol–water partition coefficient (Wildman–Crippen LogP) is 0.392. The van der Waals surface area contributed by atoms with Crippen LogP contribution in [0.25, 0.3) is 0 Å². The van der Waals surface area contributed by atoms with Gasteiger partial charge in [0.2, 0.25) is 5.91 Å². The van der Waals surface area contributed by atoms with Gasteiger partial charge in [0.25, 0.3) is 0 Å². The molecular formula is C15H18N4O3. The molecule has 1 unspecified atom stereocenters. The molecule has 116 valence electrons. The summed E-state index contributed by atoms with van der Waals surface area (Å²) in [6, 6.07) is 9.97. The number of rotatable bonds is 5. The molecule has 3 rings (SSSR count). The summed E-state index contributed by atoms with van der Waals surface area (Å²) in [6.07, 6.45) is 0.481. The number of benzene rings is 1. The fourth-order valence-electron chi connectivity index (χ4n) is 2.53. The van der Waals surface area contributed by atoms with Crippen molar-refractivity contribution in [1.29, 1.82) is 0 Å². The van der Waals surface area contributed by atoms with Crippen molar-refractivity contribution in [2.75, 3.05) is 13.2 Å². The molecule has 0 spiro atoms. The van der Waals surface area contributed by atoms with Gasteiger partial charge in [0.1, 0.15) is 6.10 Å². The van der Waals surface area contributed by atoms with Gasteiger partial charge >= 0.3 is 5.69 Å². The Bertz CT molecular complexity index is 692. The number of carbonyl (C=O) groups excluding carboxylic acids is 1. The first-order valence-corrected chi connectivity index (χ1v) is 7.31. The van der Waals surface area contributed by atoms with E-state index < -0.39 is 6.10 Å². The van der Waals surface area contributed by atoms with E-state index in [1.165, 1.54) is 10.1 Å². The number of aromatic amines is 1. The third kappa shape index (κ3) is 3.25. The topological polar surface area (TPSA) is 89.0 Å². The highest BCUT2D eigenvalue weighted by molar-refractivity contribution is 5.76. The van der Waals surface area contributed by atoms with E-state index in [1.807, 2.05) is 30.3 Å². The van der Waals surface area contributed by atoms with Crippen molar-refractivity contribution in [3.63, 3.8) is 0 Å². The first-order chi connectivity index (χ1) is 10.7. The highest BCUT2D eigenvalue weighted by Crippen LogP contribution is 2.21. The van der Waals surface area contributed by atoms with E-state index in [4.69, 9.17) is 4.74 Å². The van der Waals surface area contributed by atoms with E-state index in [0.29, 0.717) is 25.5 Å². The molecule has 1 aliphatic rings. The van der Waals surface area contributed by atoms with Crippen LogP contribution in [-0.2, 0) is 22.5 Å².